The van der Waals surface area contributed by atoms with Gasteiger partial charge in [-0.2, -0.15) is 0 Å². The maximum Gasteiger partial charge on any atom is 0.225 e. The Morgan fingerprint density at radius 3 is 2.52 bits per heavy atom. The molecule has 3 nitrogen and oxygen atoms in total. The number of unbranched alkanes of at least 4 members (excludes halogenated alkanes) is 4. The monoisotopic (exact) mass is 295 g/mol. The second kappa shape index (κ2) is 8.57. The third kappa shape index (κ3) is 7.12. The highest BCUT2D eigenvalue weighted by Crippen LogP contribution is 2.24. The van der Waals surface area contributed by atoms with Crippen LogP contribution in [0.3, 0.4) is 0 Å². The molecule has 0 aliphatic carbocycles. The van der Waals surface area contributed by atoms with E-state index in [2.05, 4.69) is 27.7 Å². The molecule has 0 aromatic carbocycles. The fraction of sp³-hybridized carbons (Fsp3) is 0.833. The number of aliphatic hydroxyl groups is 1. The van der Waals surface area contributed by atoms with E-state index in [0.717, 1.165) is 19.4 Å². The molecular weight excluding hydrogens is 262 g/mol. The van der Waals surface area contributed by atoms with Gasteiger partial charge in [0.1, 0.15) is 0 Å². The van der Waals surface area contributed by atoms with Gasteiger partial charge >= 0.3 is 0 Å². The normalized spacial score (nSPS) is 20.9. The molecule has 2 atom stereocenters. The van der Waals surface area contributed by atoms with Crippen LogP contribution in [0.25, 0.3) is 0 Å². The van der Waals surface area contributed by atoms with E-state index in [1.54, 1.807) is 0 Å². The van der Waals surface area contributed by atoms with Gasteiger partial charge in [-0.3, -0.25) is 4.79 Å². The smallest absolute Gasteiger partial charge is 0.225 e. The Morgan fingerprint density at radius 1 is 1.29 bits per heavy atom. The summed E-state index contributed by atoms with van der Waals surface area (Å²) in [6.07, 6.45) is 10.9. The molecule has 21 heavy (non-hydrogen) atoms. The molecule has 0 saturated carbocycles. The van der Waals surface area contributed by atoms with Crippen LogP contribution in [0.15, 0.2) is 12.2 Å². The van der Waals surface area contributed by atoms with Gasteiger partial charge in [0.2, 0.25) is 5.91 Å². The molecule has 2 unspecified atom stereocenters. The molecule has 1 amide bonds. The largest absolute Gasteiger partial charge is 0.389 e. The predicted molar refractivity (Wildman–Crippen MR) is 88.1 cm³/mol. The van der Waals surface area contributed by atoms with Crippen molar-refractivity contribution < 1.29 is 9.90 Å². The Hall–Kier alpha value is -0.830. The van der Waals surface area contributed by atoms with Crippen LogP contribution in [0, 0.1) is 5.41 Å². The van der Waals surface area contributed by atoms with Crippen LogP contribution in [0.1, 0.15) is 72.6 Å². The number of likely N-dealkylation sites (tertiary alicyclic amines) is 1. The zero-order valence-corrected chi connectivity index (χ0v) is 14.3. The second-order valence-corrected chi connectivity index (χ2v) is 7.49. The van der Waals surface area contributed by atoms with Crippen molar-refractivity contribution in [1.82, 2.24) is 4.90 Å². The van der Waals surface area contributed by atoms with Gasteiger partial charge in [0.25, 0.3) is 0 Å². The first-order valence-corrected chi connectivity index (χ1v) is 8.49. The highest BCUT2D eigenvalue weighted by Gasteiger charge is 2.33. The minimum atomic E-state index is -0.410. The summed E-state index contributed by atoms with van der Waals surface area (Å²) in [5.74, 6) is 0.255. The van der Waals surface area contributed by atoms with E-state index in [4.69, 9.17) is 0 Å². The van der Waals surface area contributed by atoms with Crippen molar-refractivity contribution in [2.45, 2.75) is 84.8 Å². The van der Waals surface area contributed by atoms with Crippen LogP contribution in [-0.2, 0) is 4.79 Å². The van der Waals surface area contributed by atoms with Crippen molar-refractivity contribution in [3.05, 3.63) is 12.2 Å². The minimum absolute atomic E-state index is 0.123. The van der Waals surface area contributed by atoms with Crippen molar-refractivity contribution >= 4 is 5.91 Å². The van der Waals surface area contributed by atoms with Gasteiger partial charge in [-0.05, 0) is 18.3 Å². The van der Waals surface area contributed by atoms with E-state index < -0.39 is 6.10 Å². The summed E-state index contributed by atoms with van der Waals surface area (Å²) in [4.78, 5) is 13.6. The second-order valence-electron chi connectivity index (χ2n) is 7.49. The molecule has 0 bridgehead atoms. The number of hydrogen-bond acceptors (Lipinski definition) is 2. The lowest BCUT2D eigenvalue weighted by molar-refractivity contribution is -0.143. The topological polar surface area (TPSA) is 40.5 Å². The summed E-state index contributed by atoms with van der Waals surface area (Å²) in [5, 5.41) is 9.99. The van der Waals surface area contributed by atoms with Gasteiger partial charge in [0.05, 0.1) is 18.6 Å². The van der Waals surface area contributed by atoms with Crippen LogP contribution < -0.4 is 0 Å². The highest BCUT2D eigenvalue weighted by molar-refractivity contribution is 5.83. The lowest BCUT2D eigenvalue weighted by Gasteiger charge is -2.39. The first-order chi connectivity index (χ1) is 9.83. The van der Waals surface area contributed by atoms with E-state index in [1.807, 2.05) is 17.1 Å². The third-order valence-electron chi connectivity index (χ3n) is 3.98. The third-order valence-corrected chi connectivity index (χ3v) is 3.98. The minimum Gasteiger partial charge on any atom is -0.389 e. The summed E-state index contributed by atoms with van der Waals surface area (Å²) in [5.41, 5.74) is 0.123. The van der Waals surface area contributed by atoms with E-state index >= 15 is 0 Å². The molecule has 1 heterocycles. The van der Waals surface area contributed by atoms with Gasteiger partial charge in [-0.15, -0.1) is 0 Å². The molecule has 1 aliphatic heterocycles. The lowest BCUT2D eigenvalue weighted by Crippen LogP contribution is -2.51. The van der Waals surface area contributed by atoms with E-state index in [1.165, 1.54) is 25.7 Å². The Kier molecular flexibility index (Phi) is 7.44. The molecule has 0 aromatic rings. The quantitative estimate of drug-likeness (QED) is 0.398. The number of carbonyl (C=O) groups excluding carboxylic acids is 1. The zero-order valence-electron chi connectivity index (χ0n) is 14.3. The number of β-lactam (4-membered cyclic amide) rings is 1. The Bertz CT molecular complexity index is 344. The molecule has 1 fully saturated rings. The first-order valence-electron chi connectivity index (χ1n) is 8.49. The summed E-state index contributed by atoms with van der Waals surface area (Å²) in [6.45, 7) is 9.45. The average molecular weight is 295 g/mol. The number of hydrogen-bond donors (Lipinski definition) is 1. The van der Waals surface area contributed by atoms with Gasteiger partial charge in [-0.25, -0.2) is 0 Å². The summed E-state index contributed by atoms with van der Waals surface area (Å²) < 4.78 is 0. The van der Waals surface area contributed by atoms with Crippen LogP contribution in [0.5, 0.6) is 0 Å². The lowest BCUT2D eigenvalue weighted by atomic mass is 9.88. The Labute approximate surface area is 130 Å². The number of aliphatic hydroxyl groups excluding tert-OH is 1. The van der Waals surface area contributed by atoms with Crippen molar-refractivity contribution in [3.8, 4) is 0 Å². The number of carbonyl (C=O) groups is 1. The molecule has 1 N–H and O–H groups in total. The molecule has 0 aromatic heterocycles. The standard InChI is InChI=1S/C18H33NO2/c1-5-6-7-8-9-12-19-15(13-17(19)21)10-11-16(20)14-18(2,3)4/h10-11,15-16,20H,5-9,12-14H2,1-4H3/b11-10+. The van der Waals surface area contributed by atoms with Crippen molar-refractivity contribution in [2.75, 3.05) is 6.54 Å². The van der Waals surface area contributed by atoms with Crippen LogP contribution in [0.4, 0.5) is 0 Å². The fourth-order valence-corrected chi connectivity index (χ4v) is 2.78. The average Bonchev–Trinajstić information content (AvgIpc) is 2.36. The zero-order chi connectivity index (χ0) is 15.9. The molecule has 1 rings (SSSR count). The van der Waals surface area contributed by atoms with Crippen LogP contribution in [0.2, 0.25) is 0 Å². The first kappa shape index (κ1) is 18.2. The van der Waals surface area contributed by atoms with E-state index in [0.29, 0.717) is 6.42 Å². The van der Waals surface area contributed by atoms with Gasteiger partial charge < -0.3 is 10.0 Å². The molecule has 0 radical (unpaired) electrons. The molecular formula is C18H33NO2. The summed E-state index contributed by atoms with van der Waals surface area (Å²) in [6, 6.07) is 0.207. The summed E-state index contributed by atoms with van der Waals surface area (Å²) in [7, 11) is 0. The van der Waals surface area contributed by atoms with E-state index in [9.17, 15) is 9.90 Å². The maximum atomic E-state index is 11.7. The van der Waals surface area contributed by atoms with Crippen LogP contribution in [-0.4, -0.2) is 34.6 Å². The highest BCUT2D eigenvalue weighted by atomic mass is 16.3. The number of rotatable bonds is 9. The van der Waals surface area contributed by atoms with Gasteiger partial charge in [0, 0.05) is 6.54 Å². The Balaban J connectivity index is 2.29. The van der Waals surface area contributed by atoms with Crippen LogP contribution >= 0.6 is 0 Å². The van der Waals surface area contributed by atoms with Crippen molar-refractivity contribution in [3.63, 3.8) is 0 Å². The van der Waals surface area contributed by atoms with Crippen molar-refractivity contribution in [2.24, 2.45) is 5.41 Å². The molecule has 0 spiro atoms. The van der Waals surface area contributed by atoms with Gasteiger partial charge in [-0.1, -0.05) is 65.5 Å². The predicted octanol–water partition coefficient (Wildman–Crippen LogP) is 3.91. The molecule has 3 heteroatoms. The maximum absolute atomic E-state index is 11.7. The van der Waals surface area contributed by atoms with E-state index in [-0.39, 0.29) is 17.4 Å². The fourth-order valence-electron chi connectivity index (χ4n) is 2.78. The SMILES string of the molecule is CCCCCCCN1C(=O)CC1/C=C/C(O)CC(C)(C)C. The number of amides is 1. The Morgan fingerprint density at radius 2 is 1.95 bits per heavy atom. The molecule has 1 aliphatic rings. The molecule has 1 saturated heterocycles. The van der Waals surface area contributed by atoms with Gasteiger partial charge in [0.15, 0.2) is 0 Å². The number of nitrogens with zero attached hydrogens (tertiary/aromatic N) is 1. The molecule has 122 valence electrons. The summed E-state index contributed by atoms with van der Waals surface area (Å²) >= 11 is 0. The van der Waals surface area contributed by atoms with Crippen molar-refractivity contribution in [1.29, 1.82) is 0 Å².